The van der Waals surface area contributed by atoms with Crippen LogP contribution in [0.5, 0.6) is 5.75 Å². The largest absolute Gasteiger partial charge is 0.468 e. The van der Waals surface area contributed by atoms with E-state index in [-0.39, 0.29) is 24.8 Å². The van der Waals surface area contributed by atoms with Crippen molar-refractivity contribution in [1.29, 1.82) is 0 Å². The highest BCUT2D eigenvalue weighted by atomic mass is 35.5. The minimum absolute atomic E-state index is 0.0559. The lowest BCUT2D eigenvalue weighted by Gasteiger charge is -2.22. The molecule has 118 valence electrons. The molecule has 0 fully saturated rings. The van der Waals surface area contributed by atoms with E-state index in [1.54, 1.807) is 11.0 Å². The number of methoxy groups -OCH3 is 1. The molecule has 0 aliphatic heterocycles. The van der Waals surface area contributed by atoms with Crippen LogP contribution in [0, 0.1) is 0 Å². The number of esters is 1. The van der Waals surface area contributed by atoms with Crippen LogP contribution in [0.3, 0.4) is 0 Å². The molecule has 0 N–H and O–H groups in total. The molecule has 0 saturated carbocycles. The third-order valence-electron chi connectivity index (χ3n) is 2.75. The second-order valence-electron chi connectivity index (χ2n) is 4.42. The van der Waals surface area contributed by atoms with Crippen LogP contribution in [0.4, 0.5) is 8.78 Å². The first-order chi connectivity index (χ1) is 9.96. The Morgan fingerprint density at radius 3 is 2.71 bits per heavy atom. The third kappa shape index (κ3) is 6.27. The Kier molecular flexibility index (Phi) is 7.39. The molecule has 1 aromatic carbocycles. The lowest BCUT2D eigenvalue weighted by molar-refractivity contribution is -0.142. The van der Waals surface area contributed by atoms with Crippen LogP contribution in [0.1, 0.15) is 18.9 Å². The molecule has 4 nitrogen and oxygen atoms in total. The zero-order chi connectivity index (χ0) is 15.8. The molecule has 0 bridgehead atoms. The molecule has 0 amide bonds. The van der Waals surface area contributed by atoms with Gasteiger partial charge in [-0.05, 0) is 31.2 Å². The summed E-state index contributed by atoms with van der Waals surface area (Å²) in [4.78, 5) is 13.2. The van der Waals surface area contributed by atoms with Gasteiger partial charge in [0.2, 0.25) is 0 Å². The van der Waals surface area contributed by atoms with Crippen molar-refractivity contribution in [3.63, 3.8) is 0 Å². The van der Waals surface area contributed by atoms with E-state index in [9.17, 15) is 13.6 Å². The number of rotatable bonds is 8. The van der Waals surface area contributed by atoms with Crippen molar-refractivity contribution in [1.82, 2.24) is 4.90 Å². The van der Waals surface area contributed by atoms with Crippen molar-refractivity contribution in [2.75, 3.05) is 20.2 Å². The highest BCUT2D eigenvalue weighted by molar-refractivity contribution is 6.30. The van der Waals surface area contributed by atoms with E-state index in [0.29, 0.717) is 17.1 Å². The topological polar surface area (TPSA) is 38.8 Å². The molecule has 21 heavy (non-hydrogen) atoms. The van der Waals surface area contributed by atoms with Gasteiger partial charge in [0.05, 0.1) is 13.7 Å². The van der Waals surface area contributed by atoms with Crippen molar-refractivity contribution in [3.8, 4) is 5.75 Å². The molecule has 0 heterocycles. The Labute approximate surface area is 127 Å². The van der Waals surface area contributed by atoms with Gasteiger partial charge in [0.25, 0.3) is 0 Å². The van der Waals surface area contributed by atoms with Gasteiger partial charge < -0.3 is 9.47 Å². The van der Waals surface area contributed by atoms with E-state index < -0.39 is 6.61 Å². The van der Waals surface area contributed by atoms with E-state index in [1.807, 2.05) is 6.92 Å². The summed E-state index contributed by atoms with van der Waals surface area (Å²) in [5.41, 5.74) is 0.500. The zero-order valence-corrected chi connectivity index (χ0v) is 12.7. The van der Waals surface area contributed by atoms with E-state index >= 15 is 0 Å². The molecule has 0 saturated heterocycles. The van der Waals surface area contributed by atoms with Crippen LogP contribution in [-0.4, -0.2) is 37.7 Å². The van der Waals surface area contributed by atoms with Gasteiger partial charge in [-0.2, -0.15) is 8.78 Å². The fraction of sp³-hybridized carbons (Fsp3) is 0.500. The van der Waals surface area contributed by atoms with Gasteiger partial charge in [-0.25, -0.2) is 0 Å². The summed E-state index contributed by atoms with van der Waals surface area (Å²) in [6.07, 6.45) is 0.808. The second kappa shape index (κ2) is 8.79. The Morgan fingerprint density at radius 2 is 2.14 bits per heavy atom. The quantitative estimate of drug-likeness (QED) is 0.688. The van der Waals surface area contributed by atoms with Crippen molar-refractivity contribution < 1.29 is 23.0 Å². The fourth-order valence-corrected chi connectivity index (χ4v) is 2.10. The van der Waals surface area contributed by atoms with Crippen LogP contribution in [-0.2, 0) is 16.1 Å². The first-order valence-electron chi connectivity index (χ1n) is 6.48. The molecule has 0 atom stereocenters. The molecular formula is C14H18ClF2NO3. The summed E-state index contributed by atoms with van der Waals surface area (Å²) in [7, 11) is 1.30. The summed E-state index contributed by atoms with van der Waals surface area (Å²) < 4.78 is 33.9. The Morgan fingerprint density at radius 1 is 1.43 bits per heavy atom. The first kappa shape index (κ1) is 17.7. The van der Waals surface area contributed by atoms with Crippen LogP contribution in [0.2, 0.25) is 5.02 Å². The van der Waals surface area contributed by atoms with Crippen molar-refractivity contribution in [2.45, 2.75) is 26.5 Å². The number of benzene rings is 1. The number of hydrogen-bond donors (Lipinski definition) is 0. The maximum Gasteiger partial charge on any atom is 0.387 e. The third-order valence-corrected chi connectivity index (χ3v) is 2.99. The highest BCUT2D eigenvalue weighted by Crippen LogP contribution is 2.26. The zero-order valence-electron chi connectivity index (χ0n) is 11.9. The minimum atomic E-state index is -2.91. The first-order valence-corrected chi connectivity index (χ1v) is 6.86. The summed E-state index contributed by atoms with van der Waals surface area (Å²) in [6, 6.07) is 4.43. The molecule has 1 aromatic rings. The molecule has 0 aromatic heterocycles. The average Bonchev–Trinajstić information content (AvgIpc) is 2.41. The molecular weight excluding hydrogens is 304 g/mol. The van der Waals surface area contributed by atoms with E-state index in [2.05, 4.69) is 9.47 Å². The predicted molar refractivity (Wildman–Crippen MR) is 75.7 cm³/mol. The van der Waals surface area contributed by atoms with Gasteiger partial charge in [-0.1, -0.05) is 18.5 Å². The predicted octanol–water partition coefficient (Wildman–Crippen LogP) is 3.33. The molecule has 7 heteroatoms. The van der Waals surface area contributed by atoms with Gasteiger partial charge in [0, 0.05) is 17.1 Å². The second-order valence-corrected chi connectivity index (χ2v) is 4.85. The molecule has 0 aliphatic rings. The summed E-state index contributed by atoms with van der Waals surface area (Å²) >= 11 is 5.89. The van der Waals surface area contributed by atoms with Crippen LogP contribution >= 0.6 is 11.6 Å². The van der Waals surface area contributed by atoms with Crippen molar-refractivity contribution >= 4 is 17.6 Å². The molecule has 0 spiro atoms. The van der Waals surface area contributed by atoms with Crippen LogP contribution in [0.15, 0.2) is 18.2 Å². The van der Waals surface area contributed by atoms with E-state index in [1.165, 1.54) is 19.2 Å². The number of hydrogen-bond acceptors (Lipinski definition) is 4. The Bertz CT molecular complexity index is 472. The SMILES string of the molecule is CCCN(CC(=O)OC)Cc1cc(Cl)ccc1OC(F)F. The van der Waals surface area contributed by atoms with E-state index in [0.717, 1.165) is 6.42 Å². The van der Waals surface area contributed by atoms with E-state index in [4.69, 9.17) is 11.6 Å². The number of carbonyl (C=O) groups is 1. The number of alkyl halides is 2. The molecule has 0 radical (unpaired) electrons. The lowest BCUT2D eigenvalue weighted by atomic mass is 10.2. The smallest absolute Gasteiger partial charge is 0.387 e. The maximum atomic E-state index is 12.4. The lowest BCUT2D eigenvalue weighted by Crippen LogP contribution is -2.31. The standard InChI is InChI=1S/C14H18ClF2NO3/c1-3-6-18(9-13(19)20-2)8-10-7-11(15)4-5-12(10)21-14(16)17/h4-5,7,14H,3,6,8-9H2,1-2H3. The monoisotopic (exact) mass is 321 g/mol. The number of ether oxygens (including phenoxy) is 2. The van der Waals surface area contributed by atoms with Gasteiger partial charge in [-0.3, -0.25) is 9.69 Å². The molecule has 0 unspecified atom stereocenters. The van der Waals surface area contributed by atoms with Crippen LogP contribution < -0.4 is 4.74 Å². The minimum Gasteiger partial charge on any atom is -0.468 e. The number of carbonyl (C=O) groups excluding carboxylic acids is 1. The van der Waals surface area contributed by atoms with Gasteiger partial charge >= 0.3 is 12.6 Å². The highest BCUT2D eigenvalue weighted by Gasteiger charge is 2.16. The summed E-state index contributed by atoms with van der Waals surface area (Å²) in [6.45, 7) is 0.00981. The molecule has 0 aliphatic carbocycles. The Hall–Kier alpha value is -1.40. The summed E-state index contributed by atoms with van der Waals surface area (Å²) in [5.74, 6) is -0.331. The average molecular weight is 322 g/mol. The number of halogens is 3. The normalized spacial score (nSPS) is 11.0. The van der Waals surface area contributed by atoms with Gasteiger partial charge in [0.1, 0.15) is 5.75 Å². The summed E-state index contributed by atoms with van der Waals surface area (Å²) in [5, 5.41) is 0.418. The van der Waals surface area contributed by atoms with Crippen LogP contribution in [0.25, 0.3) is 0 Å². The fourth-order valence-electron chi connectivity index (χ4n) is 1.90. The number of nitrogens with zero attached hydrogens (tertiary/aromatic N) is 1. The van der Waals surface area contributed by atoms with Crippen molar-refractivity contribution in [2.24, 2.45) is 0 Å². The van der Waals surface area contributed by atoms with Crippen molar-refractivity contribution in [3.05, 3.63) is 28.8 Å². The Balaban J connectivity index is 2.90. The molecule has 1 rings (SSSR count). The maximum absolute atomic E-state index is 12.4. The van der Waals surface area contributed by atoms with Gasteiger partial charge in [0.15, 0.2) is 0 Å². The van der Waals surface area contributed by atoms with Gasteiger partial charge in [-0.15, -0.1) is 0 Å².